The largest absolute Gasteiger partial charge is 0.381 e. The molecule has 1 aliphatic rings. The van der Waals surface area contributed by atoms with Crippen LogP contribution in [0.4, 0.5) is 0 Å². The summed E-state index contributed by atoms with van der Waals surface area (Å²) in [6.45, 7) is 7.17. The van der Waals surface area contributed by atoms with Crippen LogP contribution in [-0.4, -0.2) is 25.8 Å². The Bertz CT molecular complexity index is 399. The van der Waals surface area contributed by atoms with Crippen molar-refractivity contribution in [1.82, 2.24) is 5.32 Å². The van der Waals surface area contributed by atoms with Crippen molar-refractivity contribution in [3.8, 4) is 0 Å². The van der Waals surface area contributed by atoms with E-state index in [0.717, 1.165) is 44.0 Å². The van der Waals surface area contributed by atoms with Gasteiger partial charge in [-0.1, -0.05) is 43.6 Å². The Morgan fingerprint density at radius 1 is 1.26 bits per heavy atom. The molecule has 19 heavy (non-hydrogen) atoms. The van der Waals surface area contributed by atoms with Crippen LogP contribution < -0.4 is 5.32 Å². The van der Waals surface area contributed by atoms with E-state index in [1.807, 2.05) is 12.1 Å². The van der Waals surface area contributed by atoms with Crippen LogP contribution in [0.15, 0.2) is 24.3 Å². The van der Waals surface area contributed by atoms with Crippen molar-refractivity contribution in [2.24, 2.45) is 5.41 Å². The molecule has 1 heterocycles. The van der Waals surface area contributed by atoms with Gasteiger partial charge in [-0.05, 0) is 36.3 Å². The Labute approximate surface area is 121 Å². The minimum atomic E-state index is 0.285. The zero-order valence-electron chi connectivity index (χ0n) is 11.9. The van der Waals surface area contributed by atoms with Crippen molar-refractivity contribution in [2.45, 2.75) is 39.2 Å². The van der Waals surface area contributed by atoms with Gasteiger partial charge in [0.15, 0.2) is 0 Å². The van der Waals surface area contributed by atoms with E-state index >= 15 is 0 Å². The quantitative estimate of drug-likeness (QED) is 0.889. The summed E-state index contributed by atoms with van der Waals surface area (Å²) in [5.74, 6) is 0. The van der Waals surface area contributed by atoms with Crippen molar-refractivity contribution in [1.29, 1.82) is 0 Å². The minimum Gasteiger partial charge on any atom is -0.381 e. The molecule has 3 heteroatoms. The molecule has 1 fully saturated rings. The van der Waals surface area contributed by atoms with E-state index in [-0.39, 0.29) is 5.41 Å². The second-order valence-electron chi connectivity index (χ2n) is 5.92. The number of hydrogen-bond acceptors (Lipinski definition) is 2. The summed E-state index contributed by atoms with van der Waals surface area (Å²) in [5, 5.41) is 4.48. The van der Waals surface area contributed by atoms with Crippen molar-refractivity contribution in [3.05, 3.63) is 34.9 Å². The van der Waals surface area contributed by atoms with Crippen LogP contribution in [0.5, 0.6) is 0 Å². The highest BCUT2D eigenvalue weighted by Gasteiger charge is 2.33. The van der Waals surface area contributed by atoms with Crippen LogP contribution in [0.1, 0.15) is 32.3 Å². The van der Waals surface area contributed by atoms with Crippen LogP contribution in [0.25, 0.3) is 0 Å². The van der Waals surface area contributed by atoms with E-state index in [4.69, 9.17) is 16.3 Å². The monoisotopic (exact) mass is 281 g/mol. The molecule has 2 nitrogen and oxygen atoms in total. The Morgan fingerprint density at radius 3 is 2.58 bits per heavy atom. The van der Waals surface area contributed by atoms with Gasteiger partial charge in [0.05, 0.1) is 0 Å². The summed E-state index contributed by atoms with van der Waals surface area (Å²) < 4.78 is 5.54. The maximum atomic E-state index is 6.32. The molecule has 1 saturated heterocycles. The molecule has 0 bridgehead atoms. The first-order chi connectivity index (χ1) is 9.11. The van der Waals surface area contributed by atoms with Gasteiger partial charge in [-0.15, -0.1) is 0 Å². The fraction of sp³-hybridized carbons (Fsp3) is 0.625. The maximum absolute atomic E-state index is 6.32. The molecule has 1 aromatic rings. The van der Waals surface area contributed by atoms with Crippen molar-refractivity contribution in [3.63, 3.8) is 0 Å². The first-order valence-electron chi connectivity index (χ1n) is 7.16. The number of nitrogens with one attached hydrogen (secondary N) is 1. The molecule has 0 amide bonds. The standard InChI is InChI=1S/C16H24ClNO/c1-13(2)18-12-16(7-9-19-10-8-16)11-14-5-3-4-6-15(14)17/h3-6,13,18H,7-12H2,1-2H3. The topological polar surface area (TPSA) is 21.3 Å². The molecule has 1 aliphatic heterocycles. The molecule has 0 spiro atoms. The lowest BCUT2D eigenvalue weighted by atomic mass is 9.75. The Morgan fingerprint density at radius 2 is 1.95 bits per heavy atom. The summed E-state index contributed by atoms with van der Waals surface area (Å²) in [6, 6.07) is 8.72. The smallest absolute Gasteiger partial charge is 0.0471 e. The molecule has 0 radical (unpaired) electrons. The second kappa shape index (κ2) is 6.74. The summed E-state index contributed by atoms with van der Waals surface area (Å²) in [5.41, 5.74) is 1.55. The molecule has 0 aliphatic carbocycles. The van der Waals surface area contributed by atoms with E-state index in [9.17, 15) is 0 Å². The zero-order chi connectivity index (χ0) is 13.7. The molecule has 0 saturated carbocycles. The van der Waals surface area contributed by atoms with Gasteiger partial charge in [-0.25, -0.2) is 0 Å². The fourth-order valence-electron chi connectivity index (χ4n) is 2.69. The molecule has 0 atom stereocenters. The number of benzene rings is 1. The molecule has 106 valence electrons. The van der Waals surface area contributed by atoms with Gasteiger partial charge in [0.1, 0.15) is 0 Å². The van der Waals surface area contributed by atoms with Gasteiger partial charge in [-0.2, -0.15) is 0 Å². The Balaban J connectivity index is 2.11. The molecule has 1 N–H and O–H groups in total. The van der Waals surface area contributed by atoms with Gasteiger partial charge < -0.3 is 10.1 Å². The molecular weight excluding hydrogens is 258 g/mol. The van der Waals surface area contributed by atoms with Gasteiger partial charge in [0.2, 0.25) is 0 Å². The van der Waals surface area contributed by atoms with Gasteiger partial charge in [-0.3, -0.25) is 0 Å². The van der Waals surface area contributed by atoms with E-state index in [1.165, 1.54) is 5.56 Å². The van der Waals surface area contributed by atoms with Crippen LogP contribution >= 0.6 is 11.6 Å². The molecule has 0 unspecified atom stereocenters. The minimum absolute atomic E-state index is 0.285. The molecular formula is C16H24ClNO. The van der Waals surface area contributed by atoms with Crippen LogP contribution in [0.3, 0.4) is 0 Å². The van der Waals surface area contributed by atoms with Gasteiger partial charge in [0.25, 0.3) is 0 Å². The van der Waals surface area contributed by atoms with E-state index in [0.29, 0.717) is 6.04 Å². The first kappa shape index (κ1) is 14.8. The summed E-state index contributed by atoms with van der Waals surface area (Å²) in [6.07, 6.45) is 3.26. The van der Waals surface area contributed by atoms with E-state index < -0.39 is 0 Å². The van der Waals surface area contributed by atoms with Crippen molar-refractivity contribution >= 4 is 11.6 Å². The SMILES string of the molecule is CC(C)NCC1(Cc2ccccc2Cl)CCOCC1. The number of halogens is 1. The van der Waals surface area contributed by atoms with Crippen LogP contribution in [0.2, 0.25) is 5.02 Å². The lowest BCUT2D eigenvalue weighted by Crippen LogP contribution is -2.42. The van der Waals surface area contributed by atoms with E-state index in [1.54, 1.807) is 0 Å². The number of rotatable bonds is 5. The summed E-state index contributed by atoms with van der Waals surface area (Å²) in [7, 11) is 0. The lowest BCUT2D eigenvalue weighted by Gasteiger charge is -2.38. The normalized spacial score (nSPS) is 18.7. The lowest BCUT2D eigenvalue weighted by molar-refractivity contribution is 0.0141. The third kappa shape index (κ3) is 4.20. The predicted octanol–water partition coefficient (Wildman–Crippen LogP) is 3.68. The highest BCUT2D eigenvalue weighted by atomic mass is 35.5. The summed E-state index contributed by atoms with van der Waals surface area (Å²) in [4.78, 5) is 0. The maximum Gasteiger partial charge on any atom is 0.0471 e. The number of ether oxygens (including phenoxy) is 1. The zero-order valence-corrected chi connectivity index (χ0v) is 12.7. The average molecular weight is 282 g/mol. The van der Waals surface area contributed by atoms with Gasteiger partial charge >= 0.3 is 0 Å². The van der Waals surface area contributed by atoms with Gasteiger partial charge in [0, 0.05) is 30.8 Å². The summed E-state index contributed by atoms with van der Waals surface area (Å²) >= 11 is 6.32. The third-order valence-electron chi connectivity index (χ3n) is 3.96. The second-order valence-corrected chi connectivity index (χ2v) is 6.32. The molecule has 1 aromatic carbocycles. The van der Waals surface area contributed by atoms with E-state index in [2.05, 4.69) is 31.3 Å². The third-order valence-corrected chi connectivity index (χ3v) is 4.33. The fourth-order valence-corrected chi connectivity index (χ4v) is 2.89. The predicted molar refractivity (Wildman–Crippen MR) is 80.8 cm³/mol. The Hall–Kier alpha value is -0.570. The van der Waals surface area contributed by atoms with Crippen LogP contribution in [0, 0.1) is 5.41 Å². The molecule has 2 rings (SSSR count). The highest BCUT2D eigenvalue weighted by Crippen LogP contribution is 2.35. The van der Waals surface area contributed by atoms with Crippen LogP contribution in [-0.2, 0) is 11.2 Å². The average Bonchev–Trinajstić information content (AvgIpc) is 2.41. The molecule has 0 aromatic heterocycles. The Kier molecular flexibility index (Phi) is 5.26. The van der Waals surface area contributed by atoms with Crippen molar-refractivity contribution < 1.29 is 4.74 Å². The number of hydrogen-bond donors (Lipinski definition) is 1. The first-order valence-corrected chi connectivity index (χ1v) is 7.54. The van der Waals surface area contributed by atoms with Crippen molar-refractivity contribution in [2.75, 3.05) is 19.8 Å². The highest BCUT2D eigenvalue weighted by molar-refractivity contribution is 6.31.